The average Bonchev–Trinajstić information content (AvgIpc) is 2.58. The molecule has 2 N–H and O–H groups in total. The van der Waals surface area contributed by atoms with Crippen molar-refractivity contribution < 1.29 is 19.8 Å². The van der Waals surface area contributed by atoms with Crippen LogP contribution < -0.4 is 0 Å². The van der Waals surface area contributed by atoms with Crippen LogP contribution >= 0.6 is 0 Å². The molecule has 2 unspecified atom stereocenters. The highest BCUT2D eigenvalue weighted by atomic mass is 16.4. The van der Waals surface area contributed by atoms with E-state index < -0.39 is 11.6 Å². The van der Waals surface area contributed by atoms with Crippen LogP contribution in [0.15, 0.2) is 0 Å². The van der Waals surface area contributed by atoms with Crippen molar-refractivity contribution in [1.29, 1.82) is 0 Å². The predicted molar refractivity (Wildman–Crippen MR) is 78.0 cm³/mol. The highest BCUT2D eigenvalue weighted by Crippen LogP contribution is 2.24. The van der Waals surface area contributed by atoms with E-state index in [-0.39, 0.29) is 18.4 Å². The first-order chi connectivity index (χ1) is 9.87. The molecule has 0 aromatic heterocycles. The molecule has 2 saturated heterocycles. The zero-order valence-electron chi connectivity index (χ0n) is 12.8. The fourth-order valence-electron chi connectivity index (χ4n) is 3.31. The first-order valence-electron chi connectivity index (χ1n) is 7.85. The van der Waals surface area contributed by atoms with Gasteiger partial charge in [0.15, 0.2) is 0 Å². The number of nitrogens with zero attached hydrogens (tertiary/aromatic N) is 2. The fourth-order valence-corrected chi connectivity index (χ4v) is 3.31. The van der Waals surface area contributed by atoms with Crippen LogP contribution in [0.1, 0.15) is 45.4 Å². The summed E-state index contributed by atoms with van der Waals surface area (Å²) in [6.45, 7) is 4.33. The summed E-state index contributed by atoms with van der Waals surface area (Å²) in [5.41, 5.74) is -0.678. The number of urea groups is 1. The number of carbonyl (C=O) groups excluding carboxylic acids is 1. The average molecular weight is 298 g/mol. The molecule has 2 heterocycles. The lowest BCUT2D eigenvalue weighted by Gasteiger charge is -2.36. The molecule has 0 saturated carbocycles. The second kappa shape index (κ2) is 6.64. The molecule has 2 aliphatic rings. The van der Waals surface area contributed by atoms with Gasteiger partial charge < -0.3 is 20.0 Å². The Morgan fingerprint density at radius 3 is 2.57 bits per heavy atom. The van der Waals surface area contributed by atoms with E-state index in [4.69, 9.17) is 5.11 Å². The summed E-state index contributed by atoms with van der Waals surface area (Å²) in [7, 11) is 0. The van der Waals surface area contributed by atoms with Gasteiger partial charge in [-0.15, -0.1) is 0 Å². The highest BCUT2D eigenvalue weighted by molar-refractivity contribution is 5.75. The maximum atomic E-state index is 12.6. The van der Waals surface area contributed by atoms with Gasteiger partial charge in [-0.2, -0.15) is 0 Å². The van der Waals surface area contributed by atoms with Crippen LogP contribution in [0.4, 0.5) is 4.79 Å². The summed E-state index contributed by atoms with van der Waals surface area (Å²) in [5, 5.41) is 19.0. The molecule has 6 nitrogen and oxygen atoms in total. The summed E-state index contributed by atoms with van der Waals surface area (Å²) in [6, 6.07) is 0.00258. The van der Waals surface area contributed by atoms with E-state index in [1.54, 1.807) is 4.90 Å². The fraction of sp³-hybridized carbons (Fsp3) is 0.867. The number of rotatable bonds is 2. The number of amides is 2. The molecule has 2 aliphatic heterocycles. The van der Waals surface area contributed by atoms with Crippen molar-refractivity contribution >= 4 is 12.0 Å². The number of carboxylic acid groups (broad SMARTS) is 1. The first-order valence-corrected chi connectivity index (χ1v) is 7.85. The van der Waals surface area contributed by atoms with Crippen LogP contribution in [-0.2, 0) is 4.79 Å². The van der Waals surface area contributed by atoms with E-state index in [0.717, 1.165) is 25.7 Å². The Morgan fingerprint density at radius 2 is 1.86 bits per heavy atom. The topological polar surface area (TPSA) is 81.1 Å². The van der Waals surface area contributed by atoms with Gasteiger partial charge in [0.1, 0.15) is 0 Å². The maximum Gasteiger partial charge on any atom is 0.320 e. The number of aliphatic carboxylic acids is 1. The zero-order chi connectivity index (χ0) is 15.5. The Bertz CT molecular complexity index is 397. The van der Waals surface area contributed by atoms with Crippen molar-refractivity contribution in [1.82, 2.24) is 9.80 Å². The lowest BCUT2D eigenvalue weighted by molar-refractivity contribution is -0.138. The Labute approximate surface area is 125 Å². The number of piperidine rings is 1. The summed E-state index contributed by atoms with van der Waals surface area (Å²) in [4.78, 5) is 27.0. The first kappa shape index (κ1) is 16.1. The number of carbonyl (C=O) groups is 2. The Kier molecular flexibility index (Phi) is 5.08. The lowest BCUT2D eigenvalue weighted by Crippen LogP contribution is -2.48. The third kappa shape index (κ3) is 4.59. The Balaban J connectivity index is 1.91. The quantitative estimate of drug-likeness (QED) is 0.810. The van der Waals surface area contributed by atoms with Crippen LogP contribution in [0.2, 0.25) is 0 Å². The van der Waals surface area contributed by atoms with Gasteiger partial charge in [0.05, 0.1) is 5.60 Å². The molecule has 2 rings (SSSR count). The molecule has 2 atom stereocenters. The van der Waals surface area contributed by atoms with Crippen LogP contribution in [0.3, 0.4) is 0 Å². The molecular weight excluding hydrogens is 272 g/mol. The van der Waals surface area contributed by atoms with Gasteiger partial charge in [0, 0.05) is 32.6 Å². The molecular formula is C15H26N2O4. The van der Waals surface area contributed by atoms with Crippen LogP contribution in [0.25, 0.3) is 0 Å². The predicted octanol–water partition coefficient (Wildman–Crippen LogP) is 1.53. The molecule has 0 aromatic rings. The highest BCUT2D eigenvalue weighted by Gasteiger charge is 2.31. The van der Waals surface area contributed by atoms with E-state index in [1.165, 1.54) is 0 Å². The van der Waals surface area contributed by atoms with Gasteiger partial charge in [0.25, 0.3) is 0 Å². The third-order valence-electron chi connectivity index (χ3n) is 4.59. The second-order valence-corrected chi connectivity index (χ2v) is 6.67. The number of hydrogen-bond donors (Lipinski definition) is 2. The molecule has 0 bridgehead atoms. The number of hydrogen-bond acceptors (Lipinski definition) is 3. The molecule has 0 aliphatic carbocycles. The van der Waals surface area contributed by atoms with Crippen molar-refractivity contribution in [2.45, 2.75) is 51.0 Å². The maximum absolute atomic E-state index is 12.6. The lowest BCUT2D eigenvalue weighted by atomic mass is 9.95. The largest absolute Gasteiger partial charge is 0.481 e. The Morgan fingerprint density at radius 1 is 1.14 bits per heavy atom. The molecule has 2 fully saturated rings. The minimum atomic E-state index is -0.792. The molecule has 21 heavy (non-hydrogen) atoms. The standard InChI is InChI=1S/C15H26N2O4/c1-15(21)5-3-8-16(9-6-15)14(20)17-7-2-4-12(11-17)10-13(18)19/h12,21H,2-11H2,1H3,(H,18,19). The minimum absolute atomic E-state index is 0.00258. The number of aliphatic hydroxyl groups is 1. The molecule has 0 spiro atoms. The van der Waals surface area contributed by atoms with Crippen LogP contribution in [0.5, 0.6) is 0 Å². The van der Waals surface area contributed by atoms with Gasteiger partial charge in [-0.1, -0.05) is 0 Å². The molecule has 2 amide bonds. The van der Waals surface area contributed by atoms with Crippen molar-refractivity contribution in [2.24, 2.45) is 5.92 Å². The summed E-state index contributed by atoms with van der Waals surface area (Å²) in [6.07, 6.45) is 4.02. The zero-order valence-corrected chi connectivity index (χ0v) is 12.8. The smallest absolute Gasteiger partial charge is 0.320 e. The van der Waals surface area contributed by atoms with Gasteiger partial charge in [-0.25, -0.2) is 4.79 Å². The van der Waals surface area contributed by atoms with E-state index >= 15 is 0 Å². The minimum Gasteiger partial charge on any atom is -0.481 e. The third-order valence-corrected chi connectivity index (χ3v) is 4.59. The number of likely N-dealkylation sites (tertiary alicyclic amines) is 2. The van der Waals surface area contributed by atoms with Crippen molar-refractivity contribution in [3.8, 4) is 0 Å². The van der Waals surface area contributed by atoms with Gasteiger partial charge in [-0.05, 0) is 44.9 Å². The van der Waals surface area contributed by atoms with Gasteiger partial charge in [-0.3, -0.25) is 4.79 Å². The summed E-state index contributed by atoms with van der Waals surface area (Å²) in [5.74, 6) is -0.726. The summed E-state index contributed by atoms with van der Waals surface area (Å²) < 4.78 is 0. The molecule has 0 radical (unpaired) electrons. The Hall–Kier alpha value is -1.30. The molecule has 0 aromatic carbocycles. The summed E-state index contributed by atoms with van der Waals surface area (Å²) >= 11 is 0. The van der Waals surface area contributed by atoms with E-state index in [9.17, 15) is 14.7 Å². The molecule has 120 valence electrons. The van der Waals surface area contributed by atoms with Crippen LogP contribution in [-0.4, -0.2) is 63.8 Å². The second-order valence-electron chi connectivity index (χ2n) is 6.67. The van der Waals surface area contributed by atoms with Crippen LogP contribution in [0, 0.1) is 5.92 Å². The van der Waals surface area contributed by atoms with Gasteiger partial charge >= 0.3 is 12.0 Å². The van der Waals surface area contributed by atoms with Crippen molar-refractivity contribution in [3.05, 3.63) is 0 Å². The number of carboxylic acids is 1. The van der Waals surface area contributed by atoms with Crippen molar-refractivity contribution in [3.63, 3.8) is 0 Å². The normalized spacial score (nSPS) is 30.9. The molecule has 6 heteroatoms. The van der Waals surface area contributed by atoms with E-state index in [0.29, 0.717) is 32.6 Å². The SMILES string of the molecule is CC1(O)CCCN(C(=O)N2CCCC(CC(=O)O)C2)CC1. The van der Waals surface area contributed by atoms with Crippen molar-refractivity contribution in [2.75, 3.05) is 26.2 Å². The monoisotopic (exact) mass is 298 g/mol. The van der Waals surface area contributed by atoms with Gasteiger partial charge in [0.2, 0.25) is 0 Å². The van der Waals surface area contributed by atoms with E-state index in [1.807, 2.05) is 11.8 Å². The van der Waals surface area contributed by atoms with E-state index in [2.05, 4.69) is 0 Å².